The third kappa shape index (κ3) is 8.52. The molecule has 1 aliphatic heterocycles. The molecule has 0 fully saturated rings. The van der Waals surface area contributed by atoms with E-state index in [9.17, 15) is 27.6 Å². The number of nitrogens with zero attached hydrogens (tertiary/aromatic N) is 2. The first-order valence-electron chi connectivity index (χ1n) is 13.3. The van der Waals surface area contributed by atoms with Crippen molar-refractivity contribution >= 4 is 23.7 Å². The summed E-state index contributed by atoms with van der Waals surface area (Å²) in [7, 11) is 1.38. The van der Waals surface area contributed by atoms with E-state index in [1.165, 1.54) is 30.1 Å². The highest BCUT2D eigenvalue weighted by atomic mass is 19.4. The topological polar surface area (TPSA) is 103 Å². The van der Waals surface area contributed by atoms with Crippen LogP contribution in [0.15, 0.2) is 42.5 Å². The van der Waals surface area contributed by atoms with Crippen molar-refractivity contribution in [1.82, 2.24) is 20.4 Å². The second-order valence-corrected chi connectivity index (χ2v) is 9.41. The van der Waals surface area contributed by atoms with Crippen molar-refractivity contribution in [2.24, 2.45) is 0 Å². The molecule has 12 heteroatoms. The molecule has 2 aromatic carbocycles. The molecule has 218 valence electrons. The number of fused-ring (bicyclic) bond motifs is 1. The summed E-state index contributed by atoms with van der Waals surface area (Å²) in [4.78, 5) is 40.2. The van der Waals surface area contributed by atoms with Gasteiger partial charge in [-0.1, -0.05) is 43.7 Å². The van der Waals surface area contributed by atoms with Gasteiger partial charge in [0.05, 0.1) is 18.7 Å². The third-order valence-corrected chi connectivity index (χ3v) is 6.62. The Bertz CT molecular complexity index is 1170. The van der Waals surface area contributed by atoms with Crippen LogP contribution in [-0.2, 0) is 35.2 Å². The summed E-state index contributed by atoms with van der Waals surface area (Å²) in [6.07, 6.45) is -2.79. The standard InChI is InChI=1S/C28H36F3N5O4/c1-3-4-13-33-26(38)36-14-12-22-20(18-36)9-7-11-24(22)34-17-25(37)35(15-16-40-27(39)32-2)19-21-8-5-6-10-23(21)28(29,30)31/h5-11,34H,3-4,12-19H2,1-2H3,(H,32,39)(H,33,38). The lowest BCUT2D eigenvalue weighted by Crippen LogP contribution is -2.43. The van der Waals surface area contributed by atoms with Crippen LogP contribution in [0.2, 0.25) is 0 Å². The SMILES string of the molecule is CCCCNC(=O)N1CCc2c(cccc2NCC(=O)N(CCOC(=O)NC)Cc2ccccc2C(F)(F)F)C1. The number of halogens is 3. The maximum absolute atomic E-state index is 13.6. The molecule has 0 radical (unpaired) electrons. The number of rotatable bonds is 11. The Morgan fingerprint density at radius 3 is 2.60 bits per heavy atom. The van der Waals surface area contributed by atoms with Gasteiger partial charge in [-0.05, 0) is 41.7 Å². The summed E-state index contributed by atoms with van der Waals surface area (Å²) in [5, 5.41) is 8.35. The molecule has 40 heavy (non-hydrogen) atoms. The molecule has 2 aromatic rings. The number of hydrogen-bond donors (Lipinski definition) is 3. The maximum Gasteiger partial charge on any atom is 0.416 e. The molecular weight excluding hydrogens is 527 g/mol. The number of nitrogens with one attached hydrogen (secondary N) is 3. The van der Waals surface area contributed by atoms with Gasteiger partial charge in [-0.15, -0.1) is 0 Å². The van der Waals surface area contributed by atoms with Gasteiger partial charge in [-0.25, -0.2) is 9.59 Å². The molecule has 3 rings (SSSR count). The second-order valence-electron chi connectivity index (χ2n) is 9.41. The van der Waals surface area contributed by atoms with Crippen LogP contribution in [0.1, 0.15) is 42.0 Å². The van der Waals surface area contributed by atoms with Gasteiger partial charge in [-0.3, -0.25) is 4.79 Å². The van der Waals surface area contributed by atoms with Gasteiger partial charge in [0, 0.05) is 38.9 Å². The molecule has 1 heterocycles. The molecule has 0 saturated carbocycles. The number of hydrogen-bond acceptors (Lipinski definition) is 5. The number of alkyl halides is 3. The lowest BCUT2D eigenvalue weighted by Gasteiger charge is -2.30. The van der Waals surface area contributed by atoms with E-state index in [-0.39, 0.29) is 37.8 Å². The Balaban J connectivity index is 1.69. The fourth-order valence-corrected chi connectivity index (χ4v) is 4.47. The van der Waals surface area contributed by atoms with Crippen LogP contribution in [-0.4, -0.2) is 67.7 Å². The number of alkyl carbamates (subject to hydrolysis) is 1. The Hall–Kier alpha value is -3.96. The summed E-state index contributed by atoms with van der Waals surface area (Å²) in [6.45, 7) is 2.89. The average Bonchev–Trinajstić information content (AvgIpc) is 2.94. The van der Waals surface area contributed by atoms with Gasteiger partial charge in [0.15, 0.2) is 0 Å². The molecule has 3 N–H and O–H groups in total. The van der Waals surface area contributed by atoms with E-state index in [4.69, 9.17) is 4.74 Å². The fourth-order valence-electron chi connectivity index (χ4n) is 4.47. The highest BCUT2D eigenvalue weighted by Gasteiger charge is 2.33. The lowest BCUT2D eigenvalue weighted by atomic mass is 9.98. The maximum atomic E-state index is 13.6. The minimum Gasteiger partial charge on any atom is -0.448 e. The molecule has 0 aromatic heterocycles. The molecule has 0 spiro atoms. The van der Waals surface area contributed by atoms with E-state index in [0.29, 0.717) is 26.1 Å². The molecule has 0 bridgehead atoms. The van der Waals surface area contributed by atoms with Crippen LogP contribution in [0.4, 0.5) is 28.4 Å². The first-order valence-corrected chi connectivity index (χ1v) is 13.3. The summed E-state index contributed by atoms with van der Waals surface area (Å²) in [5.41, 5.74) is 1.80. The lowest BCUT2D eigenvalue weighted by molar-refractivity contribution is -0.139. The summed E-state index contributed by atoms with van der Waals surface area (Å²) >= 11 is 0. The smallest absolute Gasteiger partial charge is 0.416 e. The number of urea groups is 1. The molecule has 4 amide bonds. The summed E-state index contributed by atoms with van der Waals surface area (Å²) in [5.74, 6) is -0.456. The zero-order valence-electron chi connectivity index (χ0n) is 22.8. The van der Waals surface area contributed by atoms with Crippen molar-refractivity contribution in [3.05, 3.63) is 64.7 Å². The largest absolute Gasteiger partial charge is 0.448 e. The van der Waals surface area contributed by atoms with E-state index in [0.717, 1.165) is 35.7 Å². The Labute approximate surface area is 232 Å². The molecular formula is C28H36F3N5O4. The van der Waals surface area contributed by atoms with Gasteiger partial charge in [0.2, 0.25) is 5.91 Å². The molecule has 0 unspecified atom stereocenters. The van der Waals surface area contributed by atoms with Crippen LogP contribution >= 0.6 is 0 Å². The van der Waals surface area contributed by atoms with E-state index >= 15 is 0 Å². The van der Waals surface area contributed by atoms with Gasteiger partial charge >= 0.3 is 18.3 Å². The van der Waals surface area contributed by atoms with E-state index in [2.05, 4.69) is 22.9 Å². The Morgan fingerprint density at radius 2 is 1.88 bits per heavy atom. The number of carbonyl (C=O) groups excluding carboxylic acids is 3. The van der Waals surface area contributed by atoms with Crippen molar-refractivity contribution in [3.63, 3.8) is 0 Å². The van der Waals surface area contributed by atoms with E-state index in [1.54, 1.807) is 4.90 Å². The number of benzene rings is 2. The zero-order valence-corrected chi connectivity index (χ0v) is 22.8. The van der Waals surface area contributed by atoms with Gasteiger partial charge in [0.25, 0.3) is 0 Å². The van der Waals surface area contributed by atoms with E-state index < -0.39 is 23.7 Å². The summed E-state index contributed by atoms with van der Waals surface area (Å²) in [6, 6.07) is 10.6. The molecule has 9 nitrogen and oxygen atoms in total. The fraction of sp³-hybridized carbons (Fsp3) is 0.464. The van der Waals surface area contributed by atoms with Crippen molar-refractivity contribution in [3.8, 4) is 0 Å². The second kappa shape index (κ2) is 14.4. The quantitative estimate of drug-likeness (QED) is 0.353. The van der Waals surface area contributed by atoms with Crippen LogP contribution in [0.3, 0.4) is 0 Å². The van der Waals surface area contributed by atoms with Gasteiger partial charge in [-0.2, -0.15) is 13.2 Å². The van der Waals surface area contributed by atoms with Crippen molar-refractivity contribution in [2.75, 3.05) is 45.2 Å². The number of anilines is 1. The third-order valence-electron chi connectivity index (χ3n) is 6.62. The Kier molecular flexibility index (Phi) is 11.0. The highest BCUT2D eigenvalue weighted by molar-refractivity contribution is 5.81. The van der Waals surface area contributed by atoms with Crippen LogP contribution in [0.5, 0.6) is 0 Å². The van der Waals surface area contributed by atoms with Gasteiger partial charge in [0.1, 0.15) is 6.61 Å². The normalized spacial score (nSPS) is 12.8. The molecule has 0 saturated heterocycles. The van der Waals surface area contributed by atoms with Crippen LogP contribution < -0.4 is 16.0 Å². The number of amides is 4. The van der Waals surface area contributed by atoms with Crippen molar-refractivity contribution in [2.45, 2.75) is 45.5 Å². The molecule has 0 atom stereocenters. The number of carbonyl (C=O) groups is 3. The Morgan fingerprint density at radius 1 is 1.10 bits per heavy atom. The van der Waals surface area contributed by atoms with Crippen LogP contribution in [0.25, 0.3) is 0 Å². The minimum absolute atomic E-state index is 0.0577. The first kappa shape index (κ1) is 30.6. The highest BCUT2D eigenvalue weighted by Crippen LogP contribution is 2.32. The molecule has 0 aliphatic carbocycles. The average molecular weight is 564 g/mol. The van der Waals surface area contributed by atoms with Crippen molar-refractivity contribution < 1.29 is 32.3 Å². The van der Waals surface area contributed by atoms with Gasteiger partial charge < -0.3 is 30.5 Å². The van der Waals surface area contributed by atoms with Crippen molar-refractivity contribution in [1.29, 1.82) is 0 Å². The predicted octanol–water partition coefficient (Wildman–Crippen LogP) is 4.37. The predicted molar refractivity (Wildman–Crippen MR) is 145 cm³/mol. The van der Waals surface area contributed by atoms with E-state index in [1.807, 2.05) is 18.2 Å². The zero-order chi connectivity index (χ0) is 29.1. The van der Waals surface area contributed by atoms with Crippen LogP contribution in [0, 0.1) is 0 Å². The minimum atomic E-state index is -4.58. The molecule has 1 aliphatic rings. The first-order chi connectivity index (χ1) is 19.1. The number of unbranched alkanes of at least 4 members (excludes halogenated alkanes) is 1. The number of ether oxygens (including phenoxy) is 1. The summed E-state index contributed by atoms with van der Waals surface area (Å²) < 4.78 is 45.7. The monoisotopic (exact) mass is 563 g/mol.